The number of benzene rings is 1. The van der Waals surface area contributed by atoms with E-state index in [0.717, 1.165) is 28.2 Å². The maximum Gasteiger partial charge on any atom is 0.137 e. The number of anilines is 2. The Morgan fingerprint density at radius 3 is 2.95 bits per heavy atom. The summed E-state index contributed by atoms with van der Waals surface area (Å²) in [4.78, 5) is 8.43. The summed E-state index contributed by atoms with van der Waals surface area (Å²) in [7, 11) is 0. The van der Waals surface area contributed by atoms with Gasteiger partial charge in [0.15, 0.2) is 0 Å². The molecule has 6 heteroatoms. The lowest BCUT2D eigenvalue weighted by Gasteiger charge is -2.06. The zero-order valence-corrected chi connectivity index (χ0v) is 10.4. The van der Waals surface area contributed by atoms with E-state index in [4.69, 9.17) is 10.3 Å². The Balaban J connectivity index is 1.88. The van der Waals surface area contributed by atoms with Crippen LogP contribution in [0.2, 0.25) is 0 Å². The molecule has 2 aromatic heterocycles. The molecule has 3 aromatic rings. The Labute approximate surface area is 109 Å². The zero-order valence-electron chi connectivity index (χ0n) is 10.4. The number of nitrogens with two attached hydrogens (primary N) is 1. The molecule has 19 heavy (non-hydrogen) atoms. The molecule has 0 radical (unpaired) electrons. The van der Waals surface area contributed by atoms with Crippen LogP contribution < -0.4 is 11.1 Å². The number of nitrogens with zero attached hydrogens (tertiary/aromatic N) is 3. The van der Waals surface area contributed by atoms with E-state index in [1.165, 1.54) is 6.33 Å². The van der Waals surface area contributed by atoms with E-state index in [9.17, 15) is 0 Å². The monoisotopic (exact) mass is 255 g/mol. The van der Waals surface area contributed by atoms with Gasteiger partial charge in [-0.15, -0.1) is 0 Å². The predicted molar refractivity (Wildman–Crippen MR) is 72.5 cm³/mol. The minimum Gasteiger partial charge on any atom is -0.399 e. The number of aromatic nitrogens is 3. The third-order valence-corrected chi connectivity index (χ3v) is 2.77. The standard InChI is InChI=1S/C13H13N5O/c1-8-4-10(18-19-8)6-15-13-11-3-2-9(14)5-12(11)16-7-17-13/h2-5,7H,6,14H2,1H3,(H,15,16,17). The molecular formula is C13H13N5O. The van der Waals surface area contributed by atoms with Crippen LogP contribution in [0.5, 0.6) is 0 Å². The van der Waals surface area contributed by atoms with Gasteiger partial charge in [0, 0.05) is 17.1 Å². The van der Waals surface area contributed by atoms with Gasteiger partial charge in [-0.3, -0.25) is 0 Å². The average molecular weight is 255 g/mol. The van der Waals surface area contributed by atoms with E-state index in [1.807, 2.05) is 31.2 Å². The summed E-state index contributed by atoms with van der Waals surface area (Å²) >= 11 is 0. The van der Waals surface area contributed by atoms with E-state index in [-0.39, 0.29) is 0 Å². The summed E-state index contributed by atoms with van der Waals surface area (Å²) in [5.74, 6) is 1.54. The van der Waals surface area contributed by atoms with Crippen molar-refractivity contribution >= 4 is 22.4 Å². The normalized spacial score (nSPS) is 10.8. The number of rotatable bonds is 3. The Kier molecular flexibility index (Phi) is 2.75. The van der Waals surface area contributed by atoms with Crippen molar-refractivity contribution in [1.29, 1.82) is 0 Å². The van der Waals surface area contributed by atoms with Crippen LogP contribution in [-0.2, 0) is 6.54 Å². The molecule has 0 bridgehead atoms. The molecule has 0 saturated heterocycles. The lowest BCUT2D eigenvalue weighted by molar-refractivity contribution is 0.391. The molecule has 0 aliphatic heterocycles. The van der Waals surface area contributed by atoms with Gasteiger partial charge in [0.05, 0.1) is 12.1 Å². The molecule has 0 spiro atoms. The van der Waals surface area contributed by atoms with Crippen molar-refractivity contribution in [3.63, 3.8) is 0 Å². The fourth-order valence-corrected chi connectivity index (χ4v) is 1.89. The van der Waals surface area contributed by atoms with Gasteiger partial charge >= 0.3 is 0 Å². The Morgan fingerprint density at radius 2 is 2.16 bits per heavy atom. The van der Waals surface area contributed by atoms with Crippen molar-refractivity contribution in [2.24, 2.45) is 0 Å². The summed E-state index contributed by atoms with van der Waals surface area (Å²) in [5, 5.41) is 8.07. The number of nitrogens with one attached hydrogen (secondary N) is 1. The Morgan fingerprint density at radius 1 is 1.26 bits per heavy atom. The second kappa shape index (κ2) is 4.56. The van der Waals surface area contributed by atoms with E-state index < -0.39 is 0 Å². The van der Waals surface area contributed by atoms with E-state index in [2.05, 4.69) is 20.4 Å². The van der Waals surface area contributed by atoms with Gasteiger partial charge in [0.25, 0.3) is 0 Å². The number of nitrogen functional groups attached to an aromatic ring is 1. The molecule has 0 aliphatic carbocycles. The third-order valence-electron chi connectivity index (χ3n) is 2.77. The highest BCUT2D eigenvalue weighted by molar-refractivity contribution is 5.90. The molecule has 0 fully saturated rings. The minimum atomic E-state index is 0.549. The smallest absolute Gasteiger partial charge is 0.137 e. The summed E-state index contributed by atoms with van der Waals surface area (Å²) in [6.45, 7) is 2.41. The van der Waals surface area contributed by atoms with Gasteiger partial charge in [0.2, 0.25) is 0 Å². The molecule has 3 N–H and O–H groups in total. The molecule has 2 heterocycles. The third kappa shape index (κ3) is 2.33. The first-order valence-corrected chi connectivity index (χ1v) is 5.89. The van der Waals surface area contributed by atoms with Gasteiger partial charge in [-0.1, -0.05) is 5.16 Å². The predicted octanol–water partition coefficient (Wildman–Crippen LogP) is 2.12. The van der Waals surface area contributed by atoms with Crippen molar-refractivity contribution < 1.29 is 4.52 Å². The van der Waals surface area contributed by atoms with Gasteiger partial charge in [-0.2, -0.15) is 0 Å². The van der Waals surface area contributed by atoms with Crippen molar-refractivity contribution in [3.8, 4) is 0 Å². The SMILES string of the molecule is Cc1cc(CNc2ncnc3cc(N)ccc23)no1. The summed E-state index contributed by atoms with van der Waals surface area (Å²) in [6, 6.07) is 7.44. The van der Waals surface area contributed by atoms with E-state index in [1.54, 1.807) is 0 Å². The van der Waals surface area contributed by atoms with Gasteiger partial charge in [-0.05, 0) is 25.1 Å². The molecule has 0 atom stereocenters. The summed E-state index contributed by atoms with van der Waals surface area (Å²) in [5.41, 5.74) is 8.07. The highest BCUT2D eigenvalue weighted by atomic mass is 16.5. The molecule has 0 saturated carbocycles. The molecule has 0 unspecified atom stereocenters. The first-order chi connectivity index (χ1) is 9.22. The maximum absolute atomic E-state index is 5.74. The lowest BCUT2D eigenvalue weighted by atomic mass is 10.2. The molecular weight excluding hydrogens is 242 g/mol. The highest BCUT2D eigenvalue weighted by Crippen LogP contribution is 2.21. The Bertz CT molecular complexity index is 722. The average Bonchev–Trinajstić information content (AvgIpc) is 2.81. The topological polar surface area (TPSA) is 89.9 Å². The number of hydrogen-bond acceptors (Lipinski definition) is 6. The van der Waals surface area contributed by atoms with Crippen molar-refractivity contribution in [3.05, 3.63) is 42.0 Å². The van der Waals surface area contributed by atoms with E-state index in [0.29, 0.717) is 12.2 Å². The van der Waals surface area contributed by atoms with Crippen LogP contribution in [0.3, 0.4) is 0 Å². The van der Waals surface area contributed by atoms with Crippen molar-refractivity contribution in [1.82, 2.24) is 15.1 Å². The molecule has 6 nitrogen and oxygen atoms in total. The number of aryl methyl sites for hydroxylation is 1. The largest absolute Gasteiger partial charge is 0.399 e. The second-order valence-corrected chi connectivity index (χ2v) is 4.28. The van der Waals surface area contributed by atoms with Gasteiger partial charge < -0.3 is 15.6 Å². The fraction of sp³-hybridized carbons (Fsp3) is 0.154. The highest BCUT2D eigenvalue weighted by Gasteiger charge is 2.05. The first kappa shape index (κ1) is 11.5. The molecule has 96 valence electrons. The van der Waals surface area contributed by atoms with Crippen LogP contribution in [0.4, 0.5) is 11.5 Å². The fourth-order valence-electron chi connectivity index (χ4n) is 1.89. The van der Waals surface area contributed by atoms with Crippen LogP contribution in [0.15, 0.2) is 35.1 Å². The van der Waals surface area contributed by atoms with Crippen molar-refractivity contribution in [2.45, 2.75) is 13.5 Å². The zero-order chi connectivity index (χ0) is 13.2. The molecule has 1 aromatic carbocycles. The van der Waals surface area contributed by atoms with E-state index >= 15 is 0 Å². The van der Waals surface area contributed by atoms with Crippen LogP contribution in [0.25, 0.3) is 10.9 Å². The van der Waals surface area contributed by atoms with Crippen LogP contribution >= 0.6 is 0 Å². The summed E-state index contributed by atoms with van der Waals surface area (Å²) < 4.78 is 5.02. The Hall–Kier alpha value is -2.63. The van der Waals surface area contributed by atoms with Gasteiger partial charge in [0.1, 0.15) is 23.6 Å². The van der Waals surface area contributed by atoms with Gasteiger partial charge in [-0.25, -0.2) is 9.97 Å². The lowest BCUT2D eigenvalue weighted by Crippen LogP contribution is -2.03. The first-order valence-electron chi connectivity index (χ1n) is 5.89. The maximum atomic E-state index is 5.74. The molecule has 3 rings (SSSR count). The summed E-state index contributed by atoms with van der Waals surface area (Å²) in [6.07, 6.45) is 1.51. The molecule has 0 amide bonds. The van der Waals surface area contributed by atoms with Crippen LogP contribution in [0.1, 0.15) is 11.5 Å². The number of fused-ring (bicyclic) bond motifs is 1. The van der Waals surface area contributed by atoms with Crippen molar-refractivity contribution in [2.75, 3.05) is 11.1 Å². The quantitative estimate of drug-likeness (QED) is 0.697. The molecule has 0 aliphatic rings. The van der Waals surface area contributed by atoms with Crippen LogP contribution in [0, 0.1) is 6.92 Å². The van der Waals surface area contributed by atoms with Crippen LogP contribution in [-0.4, -0.2) is 15.1 Å². The second-order valence-electron chi connectivity index (χ2n) is 4.28. The number of hydrogen-bond donors (Lipinski definition) is 2. The minimum absolute atomic E-state index is 0.549.